The van der Waals surface area contributed by atoms with Crippen molar-refractivity contribution in [1.29, 1.82) is 0 Å². The molecule has 2 rings (SSSR count). The molecule has 1 aliphatic carbocycles. The normalized spacial score (nSPS) is 20.4. The van der Waals surface area contributed by atoms with Crippen molar-refractivity contribution in [3.8, 4) is 5.75 Å². The molecule has 25 heavy (non-hydrogen) atoms. The molecular weight excluding hydrogens is 526 g/mol. The predicted molar refractivity (Wildman–Crippen MR) is 106 cm³/mol. The van der Waals surface area contributed by atoms with E-state index in [0.717, 1.165) is 6.42 Å². The number of benzene rings is 1. The quantitative estimate of drug-likeness (QED) is 0.184. The largest absolute Gasteiger partial charge is 0.489 e. The molecule has 0 amide bonds. The number of halogens is 3. The van der Waals surface area contributed by atoms with E-state index in [2.05, 4.69) is 47.8 Å². The Morgan fingerprint density at radius 1 is 1.08 bits per heavy atom. The fourth-order valence-corrected chi connectivity index (χ4v) is 4.72. The number of ether oxygens (including phenoxy) is 3. The minimum Gasteiger partial charge on any atom is -0.489 e. The van der Waals surface area contributed by atoms with Crippen LogP contribution in [0.2, 0.25) is 0 Å². The van der Waals surface area contributed by atoms with Gasteiger partial charge in [-0.05, 0) is 44.7 Å². The number of nitro groups is 1. The van der Waals surface area contributed by atoms with Gasteiger partial charge in [0.1, 0.15) is 12.4 Å². The van der Waals surface area contributed by atoms with Gasteiger partial charge in [-0.3, -0.25) is 10.1 Å². The summed E-state index contributed by atoms with van der Waals surface area (Å²) >= 11 is 10.2. The second-order valence-corrected chi connectivity index (χ2v) is 8.55. The van der Waals surface area contributed by atoms with Crippen molar-refractivity contribution in [3.05, 3.63) is 31.2 Å². The van der Waals surface area contributed by atoms with E-state index in [1.54, 1.807) is 0 Å². The van der Waals surface area contributed by atoms with E-state index in [1.807, 2.05) is 0 Å². The van der Waals surface area contributed by atoms with E-state index in [4.69, 9.17) is 14.2 Å². The number of non-ortho nitro benzene ring substituents is 1. The maximum atomic E-state index is 10.8. The molecule has 0 unspecified atom stereocenters. The minimum absolute atomic E-state index is 0.00712. The Kier molecular flexibility index (Phi) is 9.12. The topological polar surface area (TPSA) is 70.8 Å². The van der Waals surface area contributed by atoms with Crippen molar-refractivity contribution in [3.63, 3.8) is 0 Å². The third-order valence-corrected chi connectivity index (χ3v) is 6.08. The Morgan fingerprint density at radius 2 is 1.72 bits per heavy atom. The number of nitrogens with zero attached hydrogens (tertiary/aromatic N) is 1. The zero-order valence-electron chi connectivity index (χ0n) is 13.6. The molecule has 2 atom stereocenters. The fourth-order valence-electron chi connectivity index (χ4n) is 2.59. The molecular formula is C16H20Br3NO5. The van der Waals surface area contributed by atoms with Crippen LogP contribution < -0.4 is 4.74 Å². The highest BCUT2D eigenvalue weighted by Gasteiger charge is 2.22. The molecule has 0 N–H and O–H groups in total. The van der Waals surface area contributed by atoms with Gasteiger partial charge in [0.05, 0.1) is 39.8 Å². The van der Waals surface area contributed by atoms with Crippen molar-refractivity contribution in [2.45, 2.75) is 36.6 Å². The van der Waals surface area contributed by atoms with Crippen LogP contribution >= 0.6 is 47.8 Å². The van der Waals surface area contributed by atoms with Gasteiger partial charge in [0.15, 0.2) is 0 Å². The molecule has 1 saturated carbocycles. The van der Waals surface area contributed by atoms with Crippen LogP contribution in [-0.2, 0) is 9.47 Å². The first kappa shape index (κ1) is 21.1. The summed E-state index contributed by atoms with van der Waals surface area (Å²) in [5.74, 6) is 0.523. The first-order chi connectivity index (χ1) is 12.0. The average Bonchev–Trinajstić information content (AvgIpc) is 2.57. The van der Waals surface area contributed by atoms with Gasteiger partial charge in [0, 0.05) is 17.0 Å². The number of nitro benzene ring substituents is 1. The molecule has 9 heteroatoms. The van der Waals surface area contributed by atoms with Gasteiger partial charge in [0.2, 0.25) is 0 Å². The predicted octanol–water partition coefficient (Wildman–Crippen LogP) is 5.24. The molecule has 0 bridgehead atoms. The Bertz CT molecular complexity index is 564. The average molecular weight is 546 g/mol. The molecule has 0 aliphatic heterocycles. The van der Waals surface area contributed by atoms with E-state index < -0.39 is 4.92 Å². The molecule has 1 fully saturated rings. The smallest absolute Gasteiger partial charge is 0.271 e. The number of hydrogen-bond donors (Lipinski definition) is 0. The van der Waals surface area contributed by atoms with Gasteiger partial charge < -0.3 is 14.2 Å². The van der Waals surface area contributed by atoms with Gasteiger partial charge in [-0.1, -0.05) is 28.8 Å². The highest BCUT2D eigenvalue weighted by Crippen LogP contribution is 2.37. The first-order valence-electron chi connectivity index (χ1n) is 8.08. The van der Waals surface area contributed by atoms with E-state index in [-0.39, 0.29) is 11.8 Å². The van der Waals surface area contributed by atoms with E-state index in [9.17, 15) is 10.1 Å². The van der Waals surface area contributed by atoms with Crippen LogP contribution in [0.3, 0.4) is 0 Å². The van der Waals surface area contributed by atoms with Crippen molar-refractivity contribution in [2.75, 3.05) is 26.4 Å². The maximum Gasteiger partial charge on any atom is 0.271 e. The second kappa shape index (κ2) is 10.8. The standard InChI is InChI=1S/C16H20Br3NO5/c17-12-3-1-2-4-15(12)24-7-5-23-6-8-25-16-13(18)9-11(20(21)22)10-14(16)19/h9-10,12,15H,1-8H2/t12-,15-/m1/s1. The summed E-state index contributed by atoms with van der Waals surface area (Å²) in [6.07, 6.45) is 5.03. The molecule has 6 nitrogen and oxygen atoms in total. The highest BCUT2D eigenvalue weighted by atomic mass is 79.9. The maximum absolute atomic E-state index is 10.8. The van der Waals surface area contributed by atoms with Crippen molar-refractivity contribution < 1.29 is 19.1 Å². The zero-order chi connectivity index (χ0) is 18.2. The van der Waals surface area contributed by atoms with Crippen molar-refractivity contribution in [1.82, 2.24) is 0 Å². The molecule has 0 aromatic heterocycles. The number of hydrogen-bond acceptors (Lipinski definition) is 5. The van der Waals surface area contributed by atoms with Crippen molar-refractivity contribution >= 4 is 53.5 Å². The van der Waals surface area contributed by atoms with Gasteiger partial charge in [-0.2, -0.15) is 0 Å². The van der Waals surface area contributed by atoms with Crippen LogP contribution in [0.5, 0.6) is 5.75 Å². The third kappa shape index (κ3) is 6.78. The van der Waals surface area contributed by atoms with Gasteiger partial charge in [0.25, 0.3) is 5.69 Å². The molecule has 140 valence electrons. The van der Waals surface area contributed by atoms with Gasteiger partial charge in [-0.25, -0.2) is 0 Å². The highest BCUT2D eigenvalue weighted by molar-refractivity contribution is 9.11. The molecule has 0 saturated heterocycles. The Labute approximate surface area is 172 Å². The van der Waals surface area contributed by atoms with E-state index >= 15 is 0 Å². The van der Waals surface area contributed by atoms with E-state index in [0.29, 0.717) is 45.9 Å². The molecule has 0 heterocycles. The molecule has 1 aromatic rings. The molecule has 1 aliphatic rings. The summed E-state index contributed by atoms with van der Waals surface area (Å²) in [4.78, 5) is 10.8. The summed E-state index contributed by atoms with van der Waals surface area (Å²) < 4.78 is 18.0. The summed E-state index contributed by atoms with van der Waals surface area (Å²) in [6, 6.07) is 2.82. The number of rotatable bonds is 9. The lowest BCUT2D eigenvalue weighted by Crippen LogP contribution is -2.29. The fraction of sp³-hybridized carbons (Fsp3) is 0.625. The second-order valence-electron chi connectivity index (χ2n) is 5.67. The monoisotopic (exact) mass is 543 g/mol. The lowest BCUT2D eigenvalue weighted by atomic mass is 9.98. The molecule has 0 spiro atoms. The Hall–Kier alpha value is -0.220. The van der Waals surface area contributed by atoms with Crippen molar-refractivity contribution in [2.24, 2.45) is 0 Å². The Balaban J connectivity index is 1.64. The zero-order valence-corrected chi connectivity index (χ0v) is 18.3. The van der Waals surface area contributed by atoms with Gasteiger partial charge in [-0.15, -0.1) is 0 Å². The Morgan fingerprint density at radius 3 is 2.36 bits per heavy atom. The molecule has 1 aromatic carbocycles. The summed E-state index contributed by atoms with van der Waals surface area (Å²) in [7, 11) is 0. The van der Waals surface area contributed by atoms with Crippen LogP contribution in [-0.4, -0.2) is 42.3 Å². The minimum atomic E-state index is -0.452. The van der Waals surface area contributed by atoms with E-state index in [1.165, 1.54) is 31.4 Å². The molecule has 0 radical (unpaired) electrons. The lowest BCUT2D eigenvalue weighted by Gasteiger charge is -2.27. The first-order valence-corrected chi connectivity index (χ1v) is 10.6. The van der Waals surface area contributed by atoms with Crippen LogP contribution in [0.25, 0.3) is 0 Å². The lowest BCUT2D eigenvalue weighted by molar-refractivity contribution is -0.385. The third-order valence-electron chi connectivity index (χ3n) is 3.85. The SMILES string of the molecule is O=[N+]([O-])c1cc(Br)c(OCCOCCO[C@@H]2CCCC[C@H]2Br)c(Br)c1. The summed E-state index contributed by atoms with van der Waals surface area (Å²) in [6.45, 7) is 1.85. The van der Waals surface area contributed by atoms with Gasteiger partial charge >= 0.3 is 0 Å². The summed E-state index contributed by atoms with van der Waals surface area (Å²) in [5.41, 5.74) is -0.00712. The van der Waals surface area contributed by atoms with Crippen LogP contribution in [0.4, 0.5) is 5.69 Å². The van der Waals surface area contributed by atoms with Crippen LogP contribution in [0, 0.1) is 10.1 Å². The van der Waals surface area contributed by atoms with Crippen LogP contribution in [0.15, 0.2) is 21.1 Å². The van der Waals surface area contributed by atoms with Crippen LogP contribution in [0.1, 0.15) is 25.7 Å². The number of alkyl halides is 1. The summed E-state index contributed by atoms with van der Waals surface area (Å²) in [5, 5.41) is 10.8.